The lowest BCUT2D eigenvalue weighted by atomic mass is 10.2. The van der Waals surface area contributed by atoms with Crippen LogP contribution in [-0.2, 0) is 0 Å². The van der Waals surface area contributed by atoms with Gasteiger partial charge in [0.2, 0.25) is 0 Å². The average molecular weight is 194 g/mol. The monoisotopic (exact) mass is 194 g/mol. The van der Waals surface area contributed by atoms with Gasteiger partial charge in [0.25, 0.3) is 0 Å². The van der Waals surface area contributed by atoms with E-state index in [9.17, 15) is 4.79 Å². The molecule has 0 saturated heterocycles. The highest BCUT2D eigenvalue weighted by atomic mass is 16.4. The predicted octanol–water partition coefficient (Wildman–Crippen LogP) is 1.99. The summed E-state index contributed by atoms with van der Waals surface area (Å²) in [4.78, 5) is 14.5. The zero-order valence-corrected chi connectivity index (χ0v) is 8.16. The molecule has 4 nitrogen and oxygen atoms in total. The number of unbranched alkanes of at least 4 members (excludes halogenated alkanes) is 1. The van der Waals surface area contributed by atoms with Gasteiger partial charge in [-0.1, -0.05) is 13.3 Å². The minimum absolute atomic E-state index is 0.226. The summed E-state index contributed by atoms with van der Waals surface area (Å²) in [6.45, 7) is 2.88. The second-order valence-corrected chi connectivity index (χ2v) is 3.01. The Morgan fingerprint density at radius 2 is 2.43 bits per heavy atom. The van der Waals surface area contributed by atoms with Gasteiger partial charge in [-0.15, -0.1) is 0 Å². The van der Waals surface area contributed by atoms with Crippen LogP contribution < -0.4 is 5.32 Å². The van der Waals surface area contributed by atoms with E-state index in [0.717, 1.165) is 19.4 Å². The second kappa shape index (κ2) is 5.21. The number of hydrogen-bond acceptors (Lipinski definition) is 3. The smallest absolute Gasteiger partial charge is 0.339 e. The van der Waals surface area contributed by atoms with Gasteiger partial charge in [-0.25, -0.2) is 4.79 Å². The summed E-state index contributed by atoms with van der Waals surface area (Å²) >= 11 is 0. The molecule has 2 N–H and O–H groups in total. The Labute approximate surface area is 83.0 Å². The van der Waals surface area contributed by atoms with Gasteiger partial charge in [-0.05, 0) is 12.5 Å². The van der Waals surface area contributed by atoms with Gasteiger partial charge in [0.1, 0.15) is 5.56 Å². The van der Waals surface area contributed by atoms with E-state index in [2.05, 4.69) is 17.2 Å². The first-order chi connectivity index (χ1) is 6.75. The van der Waals surface area contributed by atoms with Crippen molar-refractivity contribution in [2.24, 2.45) is 0 Å². The number of carbonyl (C=O) groups is 1. The van der Waals surface area contributed by atoms with Gasteiger partial charge < -0.3 is 10.4 Å². The fraction of sp³-hybridized carbons (Fsp3) is 0.400. The Balaban J connectivity index is 2.69. The summed E-state index contributed by atoms with van der Waals surface area (Å²) in [5.74, 6) is -0.947. The van der Waals surface area contributed by atoms with Gasteiger partial charge in [0.05, 0.1) is 5.69 Å². The number of anilines is 1. The minimum Gasteiger partial charge on any atom is -0.478 e. The molecular weight excluding hydrogens is 180 g/mol. The first-order valence-electron chi connectivity index (χ1n) is 4.67. The van der Waals surface area contributed by atoms with Crippen molar-refractivity contribution in [2.75, 3.05) is 11.9 Å². The van der Waals surface area contributed by atoms with Crippen molar-refractivity contribution in [3.63, 3.8) is 0 Å². The molecule has 1 aromatic heterocycles. The molecule has 0 radical (unpaired) electrons. The maximum absolute atomic E-state index is 10.8. The molecule has 0 amide bonds. The summed E-state index contributed by atoms with van der Waals surface area (Å²) in [5, 5.41) is 11.9. The molecule has 4 heteroatoms. The normalized spacial score (nSPS) is 9.79. The number of carboxylic acids is 1. The lowest BCUT2D eigenvalue weighted by Gasteiger charge is -2.07. The second-order valence-electron chi connectivity index (χ2n) is 3.01. The Morgan fingerprint density at radius 3 is 3.07 bits per heavy atom. The molecule has 1 aromatic rings. The fourth-order valence-corrected chi connectivity index (χ4v) is 1.12. The van der Waals surface area contributed by atoms with Gasteiger partial charge in [-0.3, -0.25) is 4.98 Å². The number of rotatable bonds is 5. The van der Waals surface area contributed by atoms with Crippen LogP contribution in [0.1, 0.15) is 30.1 Å². The van der Waals surface area contributed by atoms with E-state index in [-0.39, 0.29) is 5.56 Å². The molecule has 1 rings (SSSR count). The summed E-state index contributed by atoms with van der Waals surface area (Å²) < 4.78 is 0. The highest BCUT2D eigenvalue weighted by Crippen LogP contribution is 2.13. The molecule has 0 atom stereocenters. The van der Waals surface area contributed by atoms with Crippen molar-refractivity contribution in [3.05, 3.63) is 24.0 Å². The molecule has 0 saturated carbocycles. The van der Waals surface area contributed by atoms with E-state index in [4.69, 9.17) is 5.11 Å². The van der Waals surface area contributed by atoms with Crippen molar-refractivity contribution in [2.45, 2.75) is 19.8 Å². The van der Waals surface area contributed by atoms with Crippen molar-refractivity contribution in [3.8, 4) is 0 Å². The minimum atomic E-state index is -0.947. The molecular formula is C10H14N2O2. The number of nitrogens with zero attached hydrogens (tertiary/aromatic N) is 1. The highest BCUT2D eigenvalue weighted by Gasteiger charge is 2.08. The molecule has 0 aromatic carbocycles. The lowest BCUT2D eigenvalue weighted by molar-refractivity contribution is 0.0697. The maximum Gasteiger partial charge on any atom is 0.339 e. The quantitative estimate of drug-likeness (QED) is 0.704. The molecule has 0 aliphatic heterocycles. The number of carboxylic acid groups (broad SMARTS) is 1. The van der Waals surface area contributed by atoms with Crippen LogP contribution in [0.5, 0.6) is 0 Å². The largest absolute Gasteiger partial charge is 0.478 e. The van der Waals surface area contributed by atoms with Crippen LogP contribution in [-0.4, -0.2) is 22.6 Å². The molecule has 14 heavy (non-hydrogen) atoms. The van der Waals surface area contributed by atoms with Crippen LogP contribution in [0.4, 0.5) is 5.69 Å². The fourth-order valence-electron chi connectivity index (χ4n) is 1.12. The first-order valence-corrected chi connectivity index (χ1v) is 4.67. The third kappa shape index (κ3) is 2.73. The standard InChI is InChI=1S/C10H14N2O2/c1-2-3-5-12-9-4-6-11-7-8(9)10(13)14/h4,6-7H,2-3,5H2,1H3,(H,11,12)(H,13,14). The lowest BCUT2D eigenvalue weighted by Crippen LogP contribution is -2.07. The van der Waals surface area contributed by atoms with Gasteiger partial charge in [-0.2, -0.15) is 0 Å². The van der Waals surface area contributed by atoms with Crippen molar-refractivity contribution in [1.29, 1.82) is 0 Å². The van der Waals surface area contributed by atoms with Crippen LogP contribution in [0.25, 0.3) is 0 Å². The Kier molecular flexibility index (Phi) is 3.91. The van der Waals surface area contributed by atoms with E-state index in [1.54, 1.807) is 12.3 Å². The molecule has 0 spiro atoms. The number of hydrogen-bond donors (Lipinski definition) is 2. The molecule has 76 valence electrons. The number of pyridine rings is 1. The zero-order valence-electron chi connectivity index (χ0n) is 8.16. The Bertz CT molecular complexity index is 313. The molecule has 0 aliphatic carbocycles. The summed E-state index contributed by atoms with van der Waals surface area (Å²) in [7, 11) is 0. The Morgan fingerprint density at radius 1 is 1.64 bits per heavy atom. The van der Waals surface area contributed by atoms with E-state index in [0.29, 0.717) is 5.69 Å². The third-order valence-electron chi connectivity index (χ3n) is 1.90. The average Bonchev–Trinajstić information content (AvgIpc) is 2.19. The van der Waals surface area contributed by atoms with Crippen LogP contribution in [0.3, 0.4) is 0 Å². The van der Waals surface area contributed by atoms with Gasteiger partial charge >= 0.3 is 5.97 Å². The maximum atomic E-state index is 10.8. The van der Waals surface area contributed by atoms with Crippen molar-refractivity contribution < 1.29 is 9.90 Å². The molecule has 0 fully saturated rings. The van der Waals surface area contributed by atoms with E-state index < -0.39 is 5.97 Å². The molecule has 0 unspecified atom stereocenters. The topological polar surface area (TPSA) is 62.2 Å². The van der Waals surface area contributed by atoms with Gasteiger partial charge in [0, 0.05) is 18.9 Å². The van der Waals surface area contributed by atoms with Crippen molar-refractivity contribution in [1.82, 2.24) is 4.98 Å². The van der Waals surface area contributed by atoms with E-state index in [1.165, 1.54) is 6.20 Å². The number of aromatic carboxylic acids is 1. The number of aromatic nitrogens is 1. The highest BCUT2D eigenvalue weighted by molar-refractivity contribution is 5.93. The SMILES string of the molecule is CCCCNc1ccncc1C(=O)O. The van der Waals surface area contributed by atoms with Crippen LogP contribution in [0.15, 0.2) is 18.5 Å². The Hall–Kier alpha value is -1.58. The molecule has 0 bridgehead atoms. The number of nitrogens with one attached hydrogen (secondary N) is 1. The van der Waals surface area contributed by atoms with E-state index >= 15 is 0 Å². The third-order valence-corrected chi connectivity index (χ3v) is 1.90. The summed E-state index contributed by atoms with van der Waals surface area (Å²) in [6, 6.07) is 1.68. The van der Waals surface area contributed by atoms with Gasteiger partial charge in [0.15, 0.2) is 0 Å². The predicted molar refractivity (Wildman–Crippen MR) is 54.6 cm³/mol. The first kappa shape index (κ1) is 10.5. The summed E-state index contributed by atoms with van der Waals surface area (Å²) in [5.41, 5.74) is 0.865. The van der Waals surface area contributed by atoms with Crippen LogP contribution in [0.2, 0.25) is 0 Å². The zero-order chi connectivity index (χ0) is 10.4. The summed E-state index contributed by atoms with van der Waals surface area (Å²) in [6.07, 6.45) is 5.05. The van der Waals surface area contributed by atoms with E-state index in [1.807, 2.05) is 0 Å². The molecule has 0 aliphatic rings. The van der Waals surface area contributed by atoms with Crippen LogP contribution in [0, 0.1) is 0 Å². The van der Waals surface area contributed by atoms with Crippen LogP contribution >= 0.6 is 0 Å². The molecule has 1 heterocycles. The van der Waals surface area contributed by atoms with Crippen molar-refractivity contribution >= 4 is 11.7 Å².